The lowest BCUT2D eigenvalue weighted by Gasteiger charge is -2.36. The molecule has 1 aromatic carbocycles. The van der Waals surface area contributed by atoms with Crippen LogP contribution in [0.25, 0.3) is 11.0 Å². The van der Waals surface area contributed by atoms with Gasteiger partial charge in [-0.1, -0.05) is 5.21 Å². The number of carboxylic acid groups (broad SMARTS) is 1. The molecule has 0 saturated carbocycles. The molecule has 0 aliphatic carbocycles. The Bertz CT molecular complexity index is 749. The normalized spacial score (nSPS) is 17.1. The number of carbonyl (C=O) groups excluding carboxylic acids is 1. The van der Waals surface area contributed by atoms with Gasteiger partial charge in [0, 0.05) is 25.8 Å². The molecule has 0 radical (unpaired) electrons. The second kappa shape index (κ2) is 5.96. The van der Waals surface area contributed by atoms with E-state index in [0.29, 0.717) is 37.1 Å². The minimum absolute atomic E-state index is 0.116. The topological polar surface area (TPSA) is 106 Å². The lowest BCUT2D eigenvalue weighted by atomic mass is 9.86. The third-order valence-corrected chi connectivity index (χ3v) is 4.19. The zero-order chi connectivity index (χ0) is 16.4. The van der Waals surface area contributed by atoms with Crippen LogP contribution in [-0.4, -0.2) is 50.7 Å². The average molecular weight is 318 g/mol. The number of nitrogens with zero attached hydrogens (tertiary/aromatic N) is 3. The van der Waals surface area contributed by atoms with Crippen molar-refractivity contribution in [3.8, 4) is 0 Å². The highest BCUT2D eigenvalue weighted by molar-refractivity contribution is 5.97. The van der Waals surface area contributed by atoms with Crippen molar-refractivity contribution in [2.75, 3.05) is 13.2 Å². The van der Waals surface area contributed by atoms with Crippen molar-refractivity contribution in [2.45, 2.75) is 24.8 Å². The van der Waals surface area contributed by atoms with E-state index in [4.69, 9.17) is 9.84 Å². The van der Waals surface area contributed by atoms with Gasteiger partial charge >= 0.3 is 5.97 Å². The summed E-state index contributed by atoms with van der Waals surface area (Å²) in [5.41, 5.74) is 1.12. The molecule has 1 amide bonds. The van der Waals surface area contributed by atoms with E-state index in [2.05, 4.69) is 15.6 Å². The first-order valence-corrected chi connectivity index (χ1v) is 7.41. The molecule has 2 heterocycles. The average Bonchev–Trinajstić information content (AvgIpc) is 2.88. The van der Waals surface area contributed by atoms with Gasteiger partial charge in [-0.3, -0.25) is 9.59 Å². The van der Waals surface area contributed by atoms with Crippen molar-refractivity contribution in [3.63, 3.8) is 0 Å². The molecule has 2 N–H and O–H groups in total. The van der Waals surface area contributed by atoms with Gasteiger partial charge in [-0.25, -0.2) is 4.68 Å². The van der Waals surface area contributed by atoms with Gasteiger partial charge in [-0.15, -0.1) is 5.10 Å². The summed E-state index contributed by atoms with van der Waals surface area (Å²) in [7, 11) is 1.78. The fraction of sp³-hybridized carbons (Fsp3) is 0.467. The Morgan fingerprint density at radius 2 is 2.13 bits per heavy atom. The number of aryl methyl sites for hydroxylation is 1. The Hall–Kier alpha value is -2.48. The zero-order valence-corrected chi connectivity index (χ0v) is 12.8. The highest BCUT2D eigenvalue weighted by Crippen LogP contribution is 2.25. The monoisotopic (exact) mass is 318 g/mol. The van der Waals surface area contributed by atoms with Crippen LogP contribution in [0.2, 0.25) is 0 Å². The molecule has 2 aromatic rings. The van der Waals surface area contributed by atoms with Crippen molar-refractivity contribution >= 4 is 22.9 Å². The summed E-state index contributed by atoms with van der Waals surface area (Å²) in [6.07, 6.45) is 0.854. The third kappa shape index (κ3) is 3.16. The summed E-state index contributed by atoms with van der Waals surface area (Å²) in [4.78, 5) is 23.7. The maximum Gasteiger partial charge on any atom is 0.305 e. The second-order valence-electron chi connectivity index (χ2n) is 5.83. The molecule has 8 heteroatoms. The first kappa shape index (κ1) is 15.4. The number of benzene rings is 1. The quantitative estimate of drug-likeness (QED) is 0.860. The summed E-state index contributed by atoms with van der Waals surface area (Å²) in [5, 5.41) is 19.9. The van der Waals surface area contributed by atoms with Gasteiger partial charge in [-0.2, -0.15) is 0 Å². The first-order chi connectivity index (χ1) is 11.0. The summed E-state index contributed by atoms with van der Waals surface area (Å²) >= 11 is 0. The molecule has 23 heavy (non-hydrogen) atoms. The van der Waals surface area contributed by atoms with Gasteiger partial charge in [0.1, 0.15) is 5.52 Å². The summed E-state index contributed by atoms with van der Waals surface area (Å²) < 4.78 is 6.92. The number of aromatic nitrogens is 3. The molecule has 0 spiro atoms. The predicted octanol–water partition coefficient (Wildman–Crippen LogP) is 0.722. The number of carbonyl (C=O) groups is 2. The van der Waals surface area contributed by atoms with Crippen molar-refractivity contribution in [1.29, 1.82) is 0 Å². The predicted molar refractivity (Wildman–Crippen MR) is 81.0 cm³/mol. The van der Waals surface area contributed by atoms with Crippen LogP contribution < -0.4 is 5.32 Å². The minimum atomic E-state index is -0.934. The molecule has 122 valence electrons. The van der Waals surface area contributed by atoms with Gasteiger partial charge < -0.3 is 15.2 Å². The number of fused-ring (bicyclic) bond motifs is 1. The van der Waals surface area contributed by atoms with E-state index < -0.39 is 11.5 Å². The number of amides is 1. The van der Waals surface area contributed by atoms with Crippen LogP contribution in [0.4, 0.5) is 0 Å². The highest BCUT2D eigenvalue weighted by Gasteiger charge is 2.36. The van der Waals surface area contributed by atoms with E-state index in [1.807, 2.05) is 0 Å². The molecule has 1 aliphatic heterocycles. The van der Waals surface area contributed by atoms with Crippen LogP contribution in [0.5, 0.6) is 0 Å². The van der Waals surface area contributed by atoms with Gasteiger partial charge in [-0.05, 0) is 31.0 Å². The Kier molecular flexibility index (Phi) is 3.99. The molecule has 0 bridgehead atoms. The van der Waals surface area contributed by atoms with E-state index in [9.17, 15) is 9.59 Å². The molecule has 1 aromatic heterocycles. The number of hydrogen-bond donors (Lipinski definition) is 2. The van der Waals surface area contributed by atoms with Crippen LogP contribution in [0.3, 0.4) is 0 Å². The maximum atomic E-state index is 12.6. The summed E-state index contributed by atoms with van der Waals surface area (Å²) in [6, 6.07) is 5.12. The third-order valence-electron chi connectivity index (χ3n) is 4.19. The fourth-order valence-electron chi connectivity index (χ4n) is 2.89. The molecule has 0 atom stereocenters. The van der Waals surface area contributed by atoms with Gasteiger partial charge in [0.15, 0.2) is 0 Å². The molecule has 0 unspecified atom stereocenters. The van der Waals surface area contributed by atoms with E-state index >= 15 is 0 Å². The van der Waals surface area contributed by atoms with Crippen LogP contribution in [0.15, 0.2) is 18.2 Å². The van der Waals surface area contributed by atoms with E-state index in [1.54, 1.807) is 29.9 Å². The number of aliphatic carboxylic acids is 1. The van der Waals surface area contributed by atoms with Crippen LogP contribution in [0, 0.1) is 0 Å². The maximum absolute atomic E-state index is 12.6. The molecule has 1 saturated heterocycles. The van der Waals surface area contributed by atoms with Crippen molar-refractivity contribution in [2.24, 2.45) is 7.05 Å². The van der Waals surface area contributed by atoms with Crippen LogP contribution in [-0.2, 0) is 16.6 Å². The Morgan fingerprint density at radius 1 is 1.39 bits per heavy atom. The van der Waals surface area contributed by atoms with Gasteiger partial charge in [0.2, 0.25) is 0 Å². The van der Waals surface area contributed by atoms with Crippen molar-refractivity contribution < 1.29 is 19.4 Å². The first-order valence-electron chi connectivity index (χ1n) is 7.41. The Labute approximate surface area is 132 Å². The summed E-state index contributed by atoms with van der Waals surface area (Å²) in [5.74, 6) is -1.24. The van der Waals surface area contributed by atoms with Crippen molar-refractivity contribution in [3.05, 3.63) is 23.8 Å². The van der Waals surface area contributed by atoms with Crippen molar-refractivity contribution in [1.82, 2.24) is 20.3 Å². The smallest absolute Gasteiger partial charge is 0.305 e. The minimum Gasteiger partial charge on any atom is -0.481 e. The number of hydrogen-bond acceptors (Lipinski definition) is 5. The molecule has 1 fully saturated rings. The summed E-state index contributed by atoms with van der Waals surface area (Å²) in [6.45, 7) is 0.882. The lowest BCUT2D eigenvalue weighted by molar-refractivity contribution is -0.139. The number of carboxylic acids is 1. The molecular formula is C15H18N4O4. The largest absolute Gasteiger partial charge is 0.481 e. The number of rotatable bonds is 4. The molecule has 8 nitrogen and oxygen atoms in total. The van der Waals surface area contributed by atoms with Crippen LogP contribution >= 0.6 is 0 Å². The zero-order valence-electron chi connectivity index (χ0n) is 12.8. The molecular weight excluding hydrogens is 300 g/mol. The van der Waals surface area contributed by atoms with Gasteiger partial charge in [0.05, 0.1) is 17.5 Å². The van der Waals surface area contributed by atoms with E-state index in [1.165, 1.54) is 0 Å². The SMILES string of the molecule is Cn1nnc2cc(C(=O)NC3(CC(=O)O)CCOCC3)ccc21. The number of ether oxygens (including phenoxy) is 1. The Balaban J connectivity index is 1.83. The Morgan fingerprint density at radius 3 is 2.83 bits per heavy atom. The standard InChI is InChI=1S/C15H18N4O4/c1-19-12-3-2-10(8-11(12)17-18-19)14(22)16-15(9-13(20)21)4-6-23-7-5-15/h2-3,8H,4-7,9H2,1H3,(H,16,22)(H,20,21). The van der Waals surface area contributed by atoms with E-state index in [0.717, 1.165) is 5.52 Å². The van der Waals surface area contributed by atoms with Gasteiger partial charge in [0.25, 0.3) is 5.91 Å². The molecule has 3 rings (SSSR count). The lowest BCUT2D eigenvalue weighted by Crippen LogP contribution is -2.53. The molecule has 1 aliphatic rings. The number of nitrogens with one attached hydrogen (secondary N) is 1. The second-order valence-corrected chi connectivity index (χ2v) is 5.83. The van der Waals surface area contributed by atoms with Crippen LogP contribution in [0.1, 0.15) is 29.6 Å². The highest BCUT2D eigenvalue weighted by atomic mass is 16.5. The van der Waals surface area contributed by atoms with E-state index in [-0.39, 0.29) is 12.3 Å². The fourth-order valence-corrected chi connectivity index (χ4v) is 2.89.